The Labute approximate surface area is 172 Å². The predicted octanol–water partition coefficient (Wildman–Crippen LogP) is 3.66. The largest absolute Gasteiger partial charge is 0.486 e. The maximum Gasteiger partial charge on any atom is 0.184 e. The van der Waals surface area contributed by atoms with E-state index in [0.29, 0.717) is 19.6 Å². The lowest BCUT2D eigenvalue weighted by molar-refractivity contribution is 0.0974. The number of ether oxygens (including phenoxy) is 2. The van der Waals surface area contributed by atoms with Gasteiger partial charge in [-0.3, -0.25) is 9.69 Å². The van der Waals surface area contributed by atoms with E-state index in [1.54, 1.807) is 0 Å². The number of para-hydroxylation sites is 1. The van der Waals surface area contributed by atoms with Crippen LogP contribution in [0.2, 0.25) is 0 Å². The van der Waals surface area contributed by atoms with Crippen molar-refractivity contribution in [2.45, 2.75) is 12.8 Å². The van der Waals surface area contributed by atoms with Gasteiger partial charge in [0.2, 0.25) is 0 Å². The number of anilines is 1. The van der Waals surface area contributed by atoms with Gasteiger partial charge in [0.05, 0.1) is 5.69 Å². The van der Waals surface area contributed by atoms with Crippen LogP contribution in [0.25, 0.3) is 0 Å². The molecule has 2 aliphatic rings. The number of ketones is 1. The van der Waals surface area contributed by atoms with Crippen LogP contribution in [0.1, 0.15) is 23.2 Å². The summed E-state index contributed by atoms with van der Waals surface area (Å²) in [6, 6.07) is 15.7. The van der Waals surface area contributed by atoms with Gasteiger partial charge in [-0.15, -0.1) is 12.4 Å². The van der Waals surface area contributed by atoms with Gasteiger partial charge >= 0.3 is 0 Å². The molecule has 0 atom stereocenters. The monoisotopic (exact) mass is 402 g/mol. The molecule has 0 spiro atoms. The van der Waals surface area contributed by atoms with Gasteiger partial charge in [-0.05, 0) is 25.1 Å². The topological polar surface area (TPSA) is 42.0 Å². The summed E-state index contributed by atoms with van der Waals surface area (Å²) in [6.07, 6.45) is 1.52. The van der Waals surface area contributed by atoms with Crippen molar-refractivity contribution in [3.05, 3.63) is 54.1 Å². The number of carbonyl (C=O) groups is 1. The van der Waals surface area contributed by atoms with E-state index < -0.39 is 0 Å². The molecule has 150 valence electrons. The number of fused-ring (bicyclic) bond motifs is 1. The van der Waals surface area contributed by atoms with Crippen molar-refractivity contribution in [1.82, 2.24) is 4.90 Å². The standard InChI is InChI=1S/C22H26N2O3.ClH/c25-20(18-6-2-1-3-7-18)9-5-11-23-12-14-24(15-13-23)19-8-4-10-21-22(19)27-17-16-26-21;/h1-4,6-8,10H,5,9,11-17H2;1H. The van der Waals surface area contributed by atoms with Gasteiger partial charge < -0.3 is 14.4 Å². The Bertz CT molecular complexity index is 777. The molecule has 0 radical (unpaired) electrons. The Kier molecular flexibility index (Phi) is 7.18. The number of halogens is 1. The first kappa shape index (κ1) is 20.5. The van der Waals surface area contributed by atoms with Crippen LogP contribution in [0.5, 0.6) is 11.5 Å². The first-order chi connectivity index (χ1) is 13.3. The molecule has 0 aromatic heterocycles. The molecule has 0 aliphatic carbocycles. The highest BCUT2D eigenvalue weighted by Gasteiger charge is 2.23. The summed E-state index contributed by atoms with van der Waals surface area (Å²) in [5, 5.41) is 0. The molecule has 0 bridgehead atoms. The molecule has 1 saturated heterocycles. The van der Waals surface area contributed by atoms with Crippen LogP contribution in [0, 0.1) is 0 Å². The molecule has 5 nitrogen and oxygen atoms in total. The highest BCUT2D eigenvalue weighted by atomic mass is 35.5. The predicted molar refractivity (Wildman–Crippen MR) is 113 cm³/mol. The third-order valence-electron chi connectivity index (χ3n) is 5.23. The lowest BCUT2D eigenvalue weighted by atomic mass is 10.1. The smallest absolute Gasteiger partial charge is 0.184 e. The fourth-order valence-corrected chi connectivity index (χ4v) is 3.75. The van der Waals surface area contributed by atoms with Gasteiger partial charge in [-0.1, -0.05) is 36.4 Å². The molecule has 0 unspecified atom stereocenters. The van der Waals surface area contributed by atoms with Gasteiger partial charge in [0.1, 0.15) is 13.2 Å². The van der Waals surface area contributed by atoms with Crippen molar-refractivity contribution in [2.24, 2.45) is 0 Å². The van der Waals surface area contributed by atoms with E-state index >= 15 is 0 Å². The molecule has 2 aromatic carbocycles. The number of benzene rings is 2. The Morgan fingerprint density at radius 2 is 1.64 bits per heavy atom. The molecule has 2 aliphatic heterocycles. The van der Waals surface area contributed by atoms with Crippen molar-refractivity contribution >= 4 is 23.9 Å². The van der Waals surface area contributed by atoms with E-state index in [0.717, 1.165) is 61.9 Å². The Balaban J connectivity index is 0.00000225. The number of carbonyl (C=O) groups excluding carboxylic acids is 1. The first-order valence-electron chi connectivity index (χ1n) is 9.75. The van der Waals surface area contributed by atoms with E-state index in [4.69, 9.17) is 9.47 Å². The zero-order valence-electron chi connectivity index (χ0n) is 16.0. The summed E-state index contributed by atoms with van der Waals surface area (Å²) in [5.74, 6) is 1.97. The number of piperazine rings is 1. The zero-order valence-corrected chi connectivity index (χ0v) is 16.8. The minimum Gasteiger partial charge on any atom is -0.486 e. The van der Waals surface area contributed by atoms with Crippen LogP contribution < -0.4 is 14.4 Å². The quantitative estimate of drug-likeness (QED) is 0.690. The maximum absolute atomic E-state index is 12.2. The molecule has 1 fully saturated rings. The van der Waals surface area contributed by atoms with Crippen LogP contribution >= 0.6 is 12.4 Å². The third kappa shape index (κ3) is 4.78. The fraction of sp³-hybridized carbons (Fsp3) is 0.409. The van der Waals surface area contributed by atoms with Crippen molar-refractivity contribution in [3.63, 3.8) is 0 Å². The van der Waals surface area contributed by atoms with Crippen LogP contribution in [-0.4, -0.2) is 56.6 Å². The van der Waals surface area contributed by atoms with E-state index in [9.17, 15) is 4.79 Å². The number of rotatable bonds is 6. The summed E-state index contributed by atoms with van der Waals surface area (Å²) in [7, 11) is 0. The molecule has 4 rings (SSSR count). The normalized spacial score (nSPS) is 16.4. The molecular weight excluding hydrogens is 376 g/mol. The van der Waals surface area contributed by atoms with Gasteiger partial charge in [-0.25, -0.2) is 0 Å². The second kappa shape index (κ2) is 9.80. The van der Waals surface area contributed by atoms with Crippen molar-refractivity contribution < 1.29 is 14.3 Å². The van der Waals surface area contributed by atoms with Crippen LogP contribution in [0.15, 0.2) is 48.5 Å². The Morgan fingerprint density at radius 1 is 0.893 bits per heavy atom. The molecule has 6 heteroatoms. The first-order valence-corrected chi connectivity index (χ1v) is 9.75. The van der Waals surface area contributed by atoms with Crippen molar-refractivity contribution in [3.8, 4) is 11.5 Å². The van der Waals surface area contributed by atoms with Gasteiger partial charge in [0.15, 0.2) is 17.3 Å². The molecule has 0 saturated carbocycles. The van der Waals surface area contributed by atoms with E-state index in [-0.39, 0.29) is 18.2 Å². The number of nitrogens with zero attached hydrogens (tertiary/aromatic N) is 2. The van der Waals surface area contributed by atoms with E-state index in [1.807, 2.05) is 42.5 Å². The van der Waals surface area contributed by atoms with Crippen molar-refractivity contribution in [1.29, 1.82) is 0 Å². The van der Waals surface area contributed by atoms with Gasteiger partial charge in [0.25, 0.3) is 0 Å². The summed E-state index contributed by atoms with van der Waals surface area (Å²) < 4.78 is 11.5. The summed E-state index contributed by atoms with van der Waals surface area (Å²) >= 11 is 0. The lowest BCUT2D eigenvalue weighted by Crippen LogP contribution is -2.46. The summed E-state index contributed by atoms with van der Waals surface area (Å²) in [5.41, 5.74) is 1.95. The molecule has 0 amide bonds. The second-order valence-electron chi connectivity index (χ2n) is 7.02. The average Bonchev–Trinajstić information content (AvgIpc) is 2.74. The fourth-order valence-electron chi connectivity index (χ4n) is 3.75. The average molecular weight is 403 g/mol. The molecule has 2 heterocycles. The summed E-state index contributed by atoms with van der Waals surface area (Å²) in [6.45, 7) is 6.14. The third-order valence-corrected chi connectivity index (χ3v) is 5.23. The van der Waals surface area contributed by atoms with Crippen molar-refractivity contribution in [2.75, 3.05) is 50.8 Å². The van der Waals surface area contributed by atoms with Crippen LogP contribution in [0.4, 0.5) is 5.69 Å². The highest BCUT2D eigenvalue weighted by Crippen LogP contribution is 2.39. The number of hydrogen-bond acceptors (Lipinski definition) is 5. The molecule has 28 heavy (non-hydrogen) atoms. The minimum atomic E-state index is 0. The molecular formula is C22H27ClN2O3. The van der Waals surface area contributed by atoms with Crippen LogP contribution in [-0.2, 0) is 0 Å². The minimum absolute atomic E-state index is 0. The summed E-state index contributed by atoms with van der Waals surface area (Å²) in [4.78, 5) is 17.0. The second-order valence-corrected chi connectivity index (χ2v) is 7.02. The van der Waals surface area contributed by atoms with E-state index in [1.165, 1.54) is 0 Å². The lowest BCUT2D eigenvalue weighted by Gasteiger charge is -2.37. The van der Waals surface area contributed by atoms with Gasteiger partial charge in [0, 0.05) is 38.2 Å². The van der Waals surface area contributed by atoms with Gasteiger partial charge in [-0.2, -0.15) is 0 Å². The Morgan fingerprint density at radius 3 is 2.43 bits per heavy atom. The maximum atomic E-state index is 12.2. The number of Topliss-reactive ketones (excluding diaryl/α,β-unsaturated/α-hetero) is 1. The Hall–Kier alpha value is -2.24. The highest BCUT2D eigenvalue weighted by molar-refractivity contribution is 5.95. The van der Waals surface area contributed by atoms with Crippen LogP contribution in [0.3, 0.4) is 0 Å². The zero-order chi connectivity index (χ0) is 18.5. The SMILES string of the molecule is Cl.O=C(CCCN1CCN(c2cccc3c2OCCO3)CC1)c1ccccc1. The number of hydrogen-bond donors (Lipinski definition) is 0. The molecule has 2 aromatic rings. The van der Waals surface area contributed by atoms with E-state index in [2.05, 4.69) is 15.9 Å². The molecule has 0 N–H and O–H groups in total.